The van der Waals surface area contributed by atoms with Crippen molar-refractivity contribution in [3.8, 4) is 63.2 Å². The number of imidazole rings is 1. The van der Waals surface area contributed by atoms with Crippen LogP contribution in [-0.2, 0) is 79.5 Å². The van der Waals surface area contributed by atoms with Crippen molar-refractivity contribution < 1.29 is 84.9 Å². The number of sulfonamides is 2. The molecular weight excluding hydrogens is 1680 g/mol. The van der Waals surface area contributed by atoms with Gasteiger partial charge in [-0.3, -0.25) is 28.8 Å². The summed E-state index contributed by atoms with van der Waals surface area (Å²) in [4.78, 5) is 72.1. The van der Waals surface area contributed by atoms with Crippen molar-refractivity contribution in [2.75, 3.05) is 37.2 Å². The van der Waals surface area contributed by atoms with Gasteiger partial charge in [-0.25, -0.2) is 46.6 Å². The summed E-state index contributed by atoms with van der Waals surface area (Å²) in [6.07, 6.45) is 12.7. The number of nitriles is 1. The van der Waals surface area contributed by atoms with Gasteiger partial charge in [0.15, 0.2) is 28.7 Å². The SMILES string of the molecule is CCCc1nc(SC2CCC(CC(=O)O)CC2)c(C(=O)O)n1Cc1cc2c(cc1Cl)OCO2.COc1nc(C)cnc1NS(=O)(=O)c1ccccc1-c1ccc(CC(C)C(=O)O)cc1.COc1nc(C)cnc1NS(=O)(=O)c1cccnc1-c1ccc(CC(C)(C)C)cc1.Cc1ccccc1[C@H](Cc1cc(CCc2ccc3c(c2)OCO3)ccc1C#N)C(=O)O. The standard InChI is InChI=1S/C26H23NO4.C23H27ClN2O6S.C22H26N4O3S.C22H23N3O5S/c1-17-4-2-3-5-22(17)23(26(28)29)14-21-12-18(8-10-20(21)15-27)6-7-19-9-11-24-25(13-19)31-16-30-24;1-2-3-19-25-22(33-15-6-4-13(5-7-15)8-20(27)28)21(23(29)30)26(19)11-14-9-17-18(10-16(14)24)32-12-31-17;1-15-14-24-20(21(25-15)29-5)26-30(27,28)18-7-6-12-23-19(18)17-10-8-16(9-11-17)13-22(2,3)4;1-14(22(26)27)12-16-8-10-17(11-9-16)18-6-4-5-7-19(18)31(28,29)25-20-21(30-3)24-15(2)13-23-20/h2-5,8-13,23H,6-7,14,16H2,1H3,(H,28,29);9-10,13,15H,2-8,11-12H2,1H3,(H,27,28)(H,29,30);6-12,14H,13H2,1-5H3,(H,24,26);4-11,13-14H,12H2,1-3H3,(H,23,25)(H,26,27)/t23-;;;/m0.../s1. The largest absolute Gasteiger partial charge is 0.481 e. The normalized spacial score (nSPS) is 14.3. The van der Waals surface area contributed by atoms with Gasteiger partial charge in [-0.15, -0.1) is 11.8 Å². The highest BCUT2D eigenvalue weighted by molar-refractivity contribution is 8.00. The highest BCUT2D eigenvalue weighted by atomic mass is 35.5. The van der Waals surface area contributed by atoms with Crippen LogP contribution in [0.25, 0.3) is 22.4 Å². The number of nitrogens with one attached hydrogen (secondary N) is 2. The number of aromatic carboxylic acids is 1. The van der Waals surface area contributed by atoms with Crippen LogP contribution in [0.2, 0.25) is 5.02 Å². The molecule has 125 heavy (non-hydrogen) atoms. The Hall–Kier alpha value is -12.6. The second-order valence-electron chi connectivity index (χ2n) is 31.6. The first kappa shape index (κ1) is 93.1. The Morgan fingerprint density at radius 1 is 0.624 bits per heavy atom. The number of carboxylic acids is 4. The number of halogens is 1. The summed E-state index contributed by atoms with van der Waals surface area (Å²) in [5.41, 5.74) is 11.8. The quantitative estimate of drug-likeness (QED) is 0.0243. The Kier molecular flexibility index (Phi) is 31.4. The van der Waals surface area contributed by atoms with E-state index in [1.165, 1.54) is 56.1 Å². The number of rotatable bonds is 30. The molecule has 14 rings (SSSR count). The lowest BCUT2D eigenvalue weighted by Gasteiger charge is -2.26. The zero-order valence-electron chi connectivity index (χ0n) is 70.8. The van der Waals surface area contributed by atoms with Crippen molar-refractivity contribution in [1.29, 1.82) is 5.26 Å². The van der Waals surface area contributed by atoms with Crippen LogP contribution in [0.5, 0.6) is 34.8 Å². The Balaban J connectivity index is 0.000000162. The molecule has 0 bridgehead atoms. The molecule has 3 aliphatic rings. The Morgan fingerprint density at radius 3 is 1.78 bits per heavy atom. The number of ether oxygens (including phenoxy) is 6. The molecular formula is C93H99ClN10O18S3. The maximum Gasteiger partial charge on any atom is 0.355 e. The lowest BCUT2D eigenvalue weighted by molar-refractivity contribution is -0.141. The summed E-state index contributed by atoms with van der Waals surface area (Å²) in [6, 6.07) is 49.6. The number of pyridine rings is 1. The third kappa shape index (κ3) is 24.9. The number of anilines is 2. The van der Waals surface area contributed by atoms with E-state index in [0.29, 0.717) is 74.0 Å². The number of aryl methyl sites for hydroxylation is 6. The van der Waals surface area contributed by atoms with Gasteiger partial charge in [-0.2, -0.15) is 5.26 Å². The second kappa shape index (κ2) is 42.2. The number of aliphatic carboxylic acids is 3. The summed E-state index contributed by atoms with van der Waals surface area (Å²) >= 11 is 7.97. The predicted molar refractivity (Wildman–Crippen MR) is 474 cm³/mol. The first-order valence-corrected chi connectivity index (χ1v) is 44.7. The minimum absolute atomic E-state index is 0.000842. The Bertz CT molecular complexity index is 6000. The smallest absolute Gasteiger partial charge is 0.355 e. The van der Waals surface area contributed by atoms with Gasteiger partial charge in [0.05, 0.1) is 78.6 Å². The molecule has 2 atom stereocenters. The van der Waals surface area contributed by atoms with Gasteiger partial charge in [0.2, 0.25) is 25.2 Å². The number of fused-ring (bicyclic) bond motifs is 2. The molecule has 28 nitrogen and oxygen atoms in total. The number of thioether (sulfide) groups is 1. The zero-order chi connectivity index (χ0) is 89.9. The third-order valence-electron chi connectivity index (χ3n) is 20.8. The van der Waals surface area contributed by atoms with Crippen LogP contribution < -0.4 is 37.9 Å². The van der Waals surface area contributed by atoms with Crippen molar-refractivity contribution >= 4 is 78.9 Å². The summed E-state index contributed by atoms with van der Waals surface area (Å²) in [7, 11) is -5.16. The first-order valence-electron chi connectivity index (χ1n) is 40.4. The van der Waals surface area contributed by atoms with Gasteiger partial charge in [0, 0.05) is 46.5 Å². The lowest BCUT2D eigenvalue weighted by atomic mass is 9.87. The number of benzene rings is 7. The van der Waals surface area contributed by atoms with Crippen LogP contribution in [0.3, 0.4) is 0 Å². The molecule has 11 aromatic rings. The average Bonchev–Trinajstić information content (AvgIpc) is 1.53. The molecule has 1 saturated carbocycles. The van der Waals surface area contributed by atoms with E-state index in [1.807, 2.05) is 92.7 Å². The number of hydrogen-bond donors (Lipinski definition) is 6. The molecule has 6 heterocycles. The molecule has 1 fully saturated rings. The van der Waals surface area contributed by atoms with Crippen LogP contribution in [-0.4, -0.2) is 129 Å². The minimum Gasteiger partial charge on any atom is -0.481 e. The van der Waals surface area contributed by atoms with Crippen LogP contribution in [0.1, 0.15) is 157 Å². The number of carbonyl (C=O) groups is 4. The van der Waals surface area contributed by atoms with Gasteiger partial charge < -0.3 is 53.4 Å². The minimum atomic E-state index is -3.99. The number of nitrogens with zero attached hydrogens (tertiary/aromatic N) is 8. The summed E-state index contributed by atoms with van der Waals surface area (Å²) in [5, 5.41) is 48.9. The van der Waals surface area contributed by atoms with Crippen LogP contribution >= 0.6 is 23.4 Å². The molecule has 0 radical (unpaired) electrons. The van der Waals surface area contributed by atoms with E-state index in [4.69, 9.17) is 55.2 Å². The Morgan fingerprint density at radius 2 is 1.18 bits per heavy atom. The molecule has 0 amide bonds. The fraction of sp³-hybridized carbons (Fsp3) is 0.323. The number of aromatic nitrogens is 7. The average molecular weight is 1780 g/mol. The van der Waals surface area contributed by atoms with E-state index >= 15 is 0 Å². The van der Waals surface area contributed by atoms with E-state index in [1.54, 1.807) is 98.3 Å². The van der Waals surface area contributed by atoms with Gasteiger partial charge in [-0.05, 0) is 189 Å². The molecule has 1 aliphatic carbocycles. The van der Waals surface area contributed by atoms with Crippen molar-refractivity contribution in [2.45, 2.75) is 165 Å². The topological polar surface area (TPSA) is 403 Å². The van der Waals surface area contributed by atoms with E-state index in [9.17, 15) is 51.5 Å². The Labute approximate surface area is 735 Å². The van der Waals surface area contributed by atoms with Crippen molar-refractivity contribution in [3.05, 3.63) is 254 Å². The van der Waals surface area contributed by atoms with Gasteiger partial charge in [0.1, 0.15) is 15.7 Å². The summed E-state index contributed by atoms with van der Waals surface area (Å²) in [5.74, 6) is -0.907. The van der Waals surface area contributed by atoms with Crippen molar-refractivity contribution in [2.24, 2.45) is 17.3 Å². The van der Waals surface area contributed by atoms with Gasteiger partial charge in [-0.1, -0.05) is 155 Å². The highest BCUT2D eigenvalue weighted by Gasteiger charge is 2.32. The highest BCUT2D eigenvalue weighted by Crippen LogP contribution is 2.42. The maximum absolute atomic E-state index is 13.1. The van der Waals surface area contributed by atoms with Gasteiger partial charge in [0.25, 0.3) is 31.8 Å². The maximum atomic E-state index is 13.1. The number of methoxy groups -OCH3 is 2. The summed E-state index contributed by atoms with van der Waals surface area (Å²) < 4.78 is 91.1. The molecule has 1 unspecified atom stereocenters. The van der Waals surface area contributed by atoms with Gasteiger partial charge >= 0.3 is 23.9 Å². The van der Waals surface area contributed by atoms with E-state index in [0.717, 1.165) is 107 Å². The fourth-order valence-corrected chi connectivity index (χ4v) is 18.5. The molecule has 32 heteroatoms. The molecule has 4 aromatic heterocycles. The molecule has 7 aromatic carbocycles. The second-order valence-corrected chi connectivity index (χ2v) is 36.6. The number of hydrogen-bond acceptors (Lipinski definition) is 22. The van der Waals surface area contributed by atoms with Crippen molar-refractivity contribution in [3.63, 3.8) is 0 Å². The van der Waals surface area contributed by atoms with Crippen molar-refractivity contribution in [1.82, 2.24) is 34.5 Å². The molecule has 6 N–H and O–H groups in total. The third-order valence-corrected chi connectivity index (χ3v) is 25.2. The summed E-state index contributed by atoms with van der Waals surface area (Å²) in [6.45, 7) is 16.3. The van der Waals surface area contributed by atoms with Crippen LogP contribution in [0.15, 0.2) is 191 Å². The molecule has 2 aliphatic heterocycles. The fourth-order valence-electron chi connectivity index (χ4n) is 14.6. The monoisotopic (exact) mass is 1770 g/mol. The first-order chi connectivity index (χ1) is 59.7. The van der Waals surface area contributed by atoms with Crippen LogP contribution in [0.4, 0.5) is 11.6 Å². The lowest BCUT2D eigenvalue weighted by Crippen LogP contribution is -2.19. The van der Waals surface area contributed by atoms with Crippen LogP contribution in [0, 0.1) is 49.4 Å². The molecule has 0 saturated heterocycles. The molecule has 654 valence electrons. The number of carboxylic acid groups (broad SMARTS) is 4. The van der Waals surface area contributed by atoms with E-state index in [-0.39, 0.29) is 88.4 Å². The molecule has 0 spiro atoms. The van der Waals surface area contributed by atoms with E-state index < -0.39 is 55.8 Å². The zero-order valence-corrected chi connectivity index (χ0v) is 74.0. The van der Waals surface area contributed by atoms with E-state index in [2.05, 4.69) is 61.2 Å². The predicted octanol–water partition coefficient (Wildman–Crippen LogP) is 17.7.